The minimum absolute atomic E-state index is 0.00473. The topological polar surface area (TPSA) is 70.7 Å². The van der Waals surface area contributed by atoms with Crippen molar-refractivity contribution in [2.24, 2.45) is 11.8 Å². The predicted octanol–water partition coefficient (Wildman–Crippen LogP) is 1.65. The molecule has 0 aliphatic carbocycles. The summed E-state index contributed by atoms with van der Waals surface area (Å²) in [6.45, 7) is 8.06. The molecular formula is C21H31N3O3. The lowest BCUT2D eigenvalue weighted by atomic mass is 9.89. The van der Waals surface area contributed by atoms with E-state index in [0.717, 1.165) is 31.7 Å². The minimum atomic E-state index is -0.156. The van der Waals surface area contributed by atoms with E-state index >= 15 is 0 Å². The SMILES string of the molecule is Cc1ccc(OCCNC(=O)C2CNCC(C(=O)N3CCCC3)C2)cc1C. The number of nitrogens with zero attached hydrogens (tertiary/aromatic N) is 1. The number of nitrogens with one attached hydrogen (secondary N) is 2. The second kappa shape index (κ2) is 9.22. The van der Waals surface area contributed by atoms with Gasteiger partial charge in [0, 0.05) is 26.2 Å². The van der Waals surface area contributed by atoms with Crippen LogP contribution in [0.1, 0.15) is 30.4 Å². The third-order valence-electron chi connectivity index (χ3n) is 5.64. The van der Waals surface area contributed by atoms with E-state index in [0.29, 0.717) is 32.7 Å². The first kappa shape index (κ1) is 19.7. The summed E-state index contributed by atoms with van der Waals surface area (Å²) in [7, 11) is 0. The van der Waals surface area contributed by atoms with Gasteiger partial charge < -0.3 is 20.3 Å². The van der Waals surface area contributed by atoms with Crippen LogP contribution >= 0.6 is 0 Å². The van der Waals surface area contributed by atoms with Gasteiger partial charge in [-0.2, -0.15) is 0 Å². The van der Waals surface area contributed by atoms with Crippen LogP contribution in [0.15, 0.2) is 18.2 Å². The Morgan fingerprint density at radius 3 is 2.63 bits per heavy atom. The molecule has 2 unspecified atom stereocenters. The van der Waals surface area contributed by atoms with Crippen LogP contribution in [0.5, 0.6) is 5.75 Å². The first-order valence-electron chi connectivity index (χ1n) is 10.0. The zero-order valence-electron chi connectivity index (χ0n) is 16.4. The van der Waals surface area contributed by atoms with Crippen molar-refractivity contribution in [2.45, 2.75) is 33.1 Å². The van der Waals surface area contributed by atoms with Crippen molar-refractivity contribution in [1.82, 2.24) is 15.5 Å². The number of benzene rings is 1. The normalized spacial score (nSPS) is 22.5. The number of aryl methyl sites for hydroxylation is 2. The highest BCUT2D eigenvalue weighted by Crippen LogP contribution is 2.21. The van der Waals surface area contributed by atoms with E-state index in [9.17, 15) is 9.59 Å². The molecule has 2 heterocycles. The van der Waals surface area contributed by atoms with Crippen molar-refractivity contribution >= 4 is 11.8 Å². The second-order valence-electron chi connectivity index (χ2n) is 7.71. The Bertz CT molecular complexity index is 671. The highest BCUT2D eigenvalue weighted by molar-refractivity contribution is 5.83. The maximum atomic E-state index is 12.6. The van der Waals surface area contributed by atoms with Crippen LogP contribution in [0.25, 0.3) is 0 Å². The van der Waals surface area contributed by atoms with Crippen LogP contribution in [0.3, 0.4) is 0 Å². The Labute approximate surface area is 161 Å². The van der Waals surface area contributed by atoms with Gasteiger partial charge in [-0.1, -0.05) is 6.07 Å². The van der Waals surface area contributed by atoms with E-state index in [1.165, 1.54) is 11.1 Å². The predicted molar refractivity (Wildman–Crippen MR) is 105 cm³/mol. The highest BCUT2D eigenvalue weighted by Gasteiger charge is 2.33. The fraction of sp³-hybridized carbons (Fsp3) is 0.619. The monoisotopic (exact) mass is 373 g/mol. The number of carbonyl (C=O) groups is 2. The molecule has 0 spiro atoms. The lowest BCUT2D eigenvalue weighted by Gasteiger charge is -2.31. The van der Waals surface area contributed by atoms with Crippen LogP contribution in [-0.4, -0.2) is 56.0 Å². The first-order valence-corrected chi connectivity index (χ1v) is 10.0. The molecule has 0 saturated carbocycles. The van der Waals surface area contributed by atoms with Crippen molar-refractivity contribution in [3.8, 4) is 5.75 Å². The van der Waals surface area contributed by atoms with Gasteiger partial charge in [-0.3, -0.25) is 9.59 Å². The quantitative estimate of drug-likeness (QED) is 0.744. The Kier molecular flexibility index (Phi) is 6.72. The summed E-state index contributed by atoms with van der Waals surface area (Å²) < 4.78 is 5.72. The molecule has 2 amide bonds. The summed E-state index contributed by atoms with van der Waals surface area (Å²) in [6.07, 6.45) is 2.82. The maximum absolute atomic E-state index is 12.6. The van der Waals surface area contributed by atoms with E-state index in [1.54, 1.807) is 0 Å². The molecule has 3 rings (SSSR count). The van der Waals surface area contributed by atoms with Gasteiger partial charge in [0.05, 0.1) is 18.4 Å². The van der Waals surface area contributed by atoms with Gasteiger partial charge in [-0.15, -0.1) is 0 Å². The molecule has 2 atom stereocenters. The average molecular weight is 373 g/mol. The van der Waals surface area contributed by atoms with Gasteiger partial charge in [-0.05, 0) is 56.4 Å². The summed E-state index contributed by atoms with van der Waals surface area (Å²) in [5.41, 5.74) is 2.43. The molecule has 6 heteroatoms. The Balaban J connectivity index is 1.40. The largest absolute Gasteiger partial charge is 0.492 e. The van der Waals surface area contributed by atoms with Crippen LogP contribution in [0.4, 0.5) is 0 Å². The van der Waals surface area contributed by atoms with Gasteiger partial charge in [0.2, 0.25) is 11.8 Å². The van der Waals surface area contributed by atoms with Gasteiger partial charge in [-0.25, -0.2) is 0 Å². The molecule has 27 heavy (non-hydrogen) atoms. The van der Waals surface area contributed by atoms with Gasteiger partial charge in [0.1, 0.15) is 12.4 Å². The summed E-state index contributed by atoms with van der Waals surface area (Å²) in [5.74, 6) is 0.792. The van der Waals surface area contributed by atoms with E-state index in [-0.39, 0.29) is 23.7 Å². The number of likely N-dealkylation sites (tertiary alicyclic amines) is 1. The smallest absolute Gasteiger partial charge is 0.226 e. The van der Waals surface area contributed by atoms with Crippen molar-refractivity contribution in [2.75, 3.05) is 39.3 Å². The average Bonchev–Trinajstić information content (AvgIpc) is 3.22. The first-order chi connectivity index (χ1) is 13.0. The summed E-state index contributed by atoms with van der Waals surface area (Å²) >= 11 is 0. The molecule has 148 valence electrons. The molecule has 2 aliphatic heterocycles. The summed E-state index contributed by atoms with van der Waals surface area (Å²) in [5, 5.41) is 6.21. The summed E-state index contributed by atoms with van der Waals surface area (Å²) in [4.78, 5) is 27.0. The Hall–Kier alpha value is -2.08. The van der Waals surface area contributed by atoms with E-state index in [4.69, 9.17) is 4.74 Å². The fourth-order valence-corrected chi connectivity index (χ4v) is 3.82. The van der Waals surface area contributed by atoms with Crippen LogP contribution in [0.2, 0.25) is 0 Å². The Morgan fingerprint density at radius 1 is 1.15 bits per heavy atom. The number of hydrogen-bond donors (Lipinski definition) is 2. The Morgan fingerprint density at radius 2 is 1.89 bits per heavy atom. The maximum Gasteiger partial charge on any atom is 0.226 e. The number of rotatable bonds is 6. The van der Waals surface area contributed by atoms with E-state index in [2.05, 4.69) is 24.5 Å². The molecule has 2 N–H and O–H groups in total. The zero-order valence-corrected chi connectivity index (χ0v) is 16.4. The molecule has 2 aliphatic rings. The molecule has 2 fully saturated rings. The molecule has 1 aromatic carbocycles. The van der Waals surface area contributed by atoms with Gasteiger partial charge in [0.15, 0.2) is 0 Å². The summed E-state index contributed by atoms with van der Waals surface area (Å²) in [6, 6.07) is 6.00. The van der Waals surface area contributed by atoms with Crippen LogP contribution < -0.4 is 15.4 Å². The number of hydrogen-bond acceptors (Lipinski definition) is 4. The lowest BCUT2D eigenvalue weighted by molar-refractivity contribution is -0.136. The zero-order chi connectivity index (χ0) is 19.2. The second-order valence-corrected chi connectivity index (χ2v) is 7.71. The van der Waals surface area contributed by atoms with E-state index in [1.807, 2.05) is 23.1 Å². The molecule has 1 aromatic rings. The van der Waals surface area contributed by atoms with Crippen molar-refractivity contribution in [3.05, 3.63) is 29.3 Å². The highest BCUT2D eigenvalue weighted by atomic mass is 16.5. The lowest BCUT2D eigenvalue weighted by Crippen LogP contribution is -2.49. The van der Waals surface area contributed by atoms with Crippen LogP contribution in [-0.2, 0) is 9.59 Å². The number of piperidine rings is 1. The van der Waals surface area contributed by atoms with Crippen molar-refractivity contribution < 1.29 is 14.3 Å². The van der Waals surface area contributed by atoms with Gasteiger partial charge >= 0.3 is 0 Å². The fourth-order valence-electron chi connectivity index (χ4n) is 3.82. The molecular weight excluding hydrogens is 342 g/mol. The number of amides is 2. The van der Waals surface area contributed by atoms with E-state index < -0.39 is 0 Å². The third-order valence-corrected chi connectivity index (χ3v) is 5.64. The van der Waals surface area contributed by atoms with Gasteiger partial charge in [0.25, 0.3) is 0 Å². The van der Waals surface area contributed by atoms with Crippen molar-refractivity contribution in [3.63, 3.8) is 0 Å². The molecule has 6 nitrogen and oxygen atoms in total. The minimum Gasteiger partial charge on any atom is -0.492 e. The third kappa shape index (κ3) is 5.22. The van der Waals surface area contributed by atoms with Crippen LogP contribution in [0, 0.1) is 25.7 Å². The molecule has 0 bridgehead atoms. The molecule has 2 saturated heterocycles. The van der Waals surface area contributed by atoms with Crippen molar-refractivity contribution in [1.29, 1.82) is 0 Å². The standard InChI is InChI=1S/C21H31N3O3/c1-15-5-6-19(11-16(15)2)27-10-7-23-20(25)17-12-18(14-22-13-17)21(26)24-8-3-4-9-24/h5-6,11,17-18,22H,3-4,7-10,12-14H2,1-2H3,(H,23,25). The molecule has 0 radical (unpaired) electrons. The number of carbonyl (C=O) groups excluding carboxylic acids is 2. The molecule has 0 aromatic heterocycles. The number of ether oxygens (including phenoxy) is 1.